The van der Waals surface area contributed by atoms with Crippen molar-refractivity contribution < 1.29 is 45.4 Å². The van der Waals surface area contributed by atoms with E-state index in [-0.39, 0.29) is 17.9 Å². The molecule has 0 amide bonds. The first kappa shape index (κ1) is 29.2. The number of halogens is 7. The average Bonchev–Trinajstić information content (AvgIpc) is 2.84. The van der Waals surface area contributed by atoms with Crippen LogP contribution in [-0.4, -0.2) is 65.9 Å². The Labute approximate surface area is 213 Å². The fourth-order valence-electron chi connectivity index (χ4n) is 3.96. The van der Waals surface area contributed by atoms with Crippen molar-refractivity contribution in [1.82, 2.24) is 15.3 Å². The molecule has 3 N–H and O–H groups in total. The van der Waals surface area contributed by atoms with E-state index in [0.717, 1.165) is 36.5 Å². The van der Waals surface area contributed by atoms with E-state index in [9.17, 15) is 30.7 Å². The molecule has 38 heavy (non-hydrogen) atoms. The van der Waals surface area contributed by atoms with Gasteiger partial charge in [-0.25, -0.2) is 32.3 Å². The molecule has 1 unspecified atom stereocenters. The number of carbonyl (C=O) groups is 1. The molecule has 1 aromatic carbocycles. The highest BCUT2D eigenvalue weighted by molar-refractivity contribution is 5.73. The Bertz CT molecular complexity index is 1110. The Morgan fingerprint density at radius 2 is 1.89 bits per heavy atom. The highest BCUT2D eigenvalue weighted by Crippen LogP contribution is 2.31. The molecule has 1 saturated heterocycles. The summed E-state index contributed by atoms with van der Waals surface area (Å²) in [6.45, 7) is 3.35. The van der Waals surface area contributed by atoms with Crippen molar-refractivity contribution in [2.45, 2.75) is 50.9 Å². The molecule has 1 atom stereocenters. The molecule has 1 aromatic heterocycles. The van der Waals surface area contributed by atoms with Gasteiger partial charge in [0.2, 0.25) is 0 Å². The number of piperidine rings is 1. The number of ether oxygens (including phenoxy) is 1. The first-order valence-corrected chi connectivity index (χ1v) is 11.7. The van der Waals surface area contributed by atoms with Crippen molar-refractivity contribution in [2.75, 3.05) is 36.4 Å². The van der Waals surface area contributed by atoms with Crippen LogP contribution in [0.3, 0.4) is 0 Å². The van der Waals surface area contributed by atoms with Crippen LogP contribution in [-0.2, 0) is 11.2 Å². The lowest BCUT2D eigenvalue weighted by atomic mass is 10.1. The van der Waals surface area contributed by atoms with Crippen molar-refractivity contribution in [1.29, 1.82) is 0 Å². The van der Waals surface area contributed by atoms with Crippen LogP contribution in [0.5, 0.6) is 5.75 Å². The normalized spacial score (nSPS) is 17.9. The Kier molecular flexibility index (Phi) is 9.57. The second kappa shape index (κ2) is 12.5. The number of hydrogen-bond donors (Lipinski definition) is 3. The van der Waals surface area contributed by atoms with Crippen molar-refractivity contribution >= 4 is 17.6 Å². The van der Waals surface area contributed by atoms with Gasteiger partial charge >= 0.3 is 12.1 Å². The Hall–Kier alpha value is -3.36. The van der Waals surface area contributed by atoms with Gasteiger partial charge in [0.05, 0.1) is 17.9 Å². The predicted molar refractivity (Wildman–Crippen MR) is 123 cm³/mol. The number of aliphatic carboxylic acids is 1. The minimum absolute atomic E-state index is 0.00198. The van der Waals surface area contributed by atoms with Gasteiger partial charge in [-0.1, -0.05) is 0 Å². The maximum atomic E-state index is 13.9. The summed E-state index contributed by atoms with van der Waals surface area (Å²) in [5.41, 5.74) is 1.65. The van der Waals surface area contributed by atoms with E-state index in [0.29, 0.717) is 37.6 Å². The van der Waals surface area contributed by atoms with Gasteiger partial charge in [0.15, 0.2) is 23.2 Å². The zero-order valence-electron chi connectivity index (χ0n) is 20.2. The maximum absolute atomic E-state index is 13.9. The third kappa shape index (κ3) is 7.82. The molecule has 0 saturated carbocycles. The highest BCUT2D eigenvalue weighted by Gasteiger charge is 2.38. The van der Waals surface area contributed by atoms with Gasteiger partial charge in [-0.05, 0) is 19.1 Å². The van der Waals surface area contributed by atoms with E-state index in [4.69, 9.17) is 19.6 Å². The molecule has 0 radical (unpaired) electrons. The molecule has 0 spiro atoms. The quantitative estimate of drug-likeness (QED) is 0.455. The number of fused-ring (bicyclic) bond motifs is 1. The summed E-state index contributed by atoms with van der Waals surface area (Å²) < 4.78 is 90.0. The number of rotatable bonds is 6. The molecular weight excluding hydrogens is 527 g/mol. The third-order valence-electron chi connectivity index (χ3n) is 5.80. The van der Waals surface area contributed by atoms with E-state index in [2.05, 4.69) is 15.6 Å². The first-order chi connectivity index (χ1) is 17.8. The molecule has 210 valence electrons. The van der Waals surface area contributed by atoms with Crippen LogP contribution in [0, 0.1) is 11.6 Å². The monoisotopic (exact) mass is 553 g/mol. The van der Waals surface area contributed by atoms with Gasteiger partial charge in [-0.15, -0.1) is 0 Å². The Balaban J connectivity index is 0.000000505. The van der Waals surface area contributed by atoms with Gasteiger partial charge < -0.3 is 25.4 Å². The topological polar surface area (TPSA) is 99.6 Å². The number of aromatic nitrogens is 2. The number of nitrogens with zero attached hydrogens (tertiary/aromatic N) is 3. The van der Waals surface area contributed by atoms with Gasteiger partial charge in [0.1, 0.15) is 11.9 Å². The van der Waals surface area contributed by atoms with Crippen LogP contribution in [0.2, 0.25) is 0 Å². The first-order valence-electron chi connectivity index (χ1n) is 11.7. The molecule has 1 fully saturated rings. The SMILES string of the molecule is CC1NCCc2nc(N3CCC(Oc4ccc(F)cc4F)CC3)c(NCC(F)F)nc21.O=C(O)C(F)(F)F. The van der Waals surface area contributed by atoms with Gasteiger partial charge in [0.25, 0.3) is 6.43 Å². The number of benzene rings is 1. The van der Waals surface area contributed by atoms with Crippen molar-refractivity contribution in [3.8, 4) is 5.75 Å². The minimum atomic E-state index is -5.08. The highest BCUT2D eigenvalue weighted by atomic mass is 19.4. The zero-order chi connectivity index (χ0) is 28.0. The summed E-state index contributed by atoms with van der Waals surface area (Å²) in [6.07, 6.45) is -5.93. The second-order valence-corrected chi connectivity index (χ2v) is 8.61. The van der Waals surface area contributed by atoms with Crippen molar-refractivity contribution in [2.24, 2.45) is 0 Å². The lowest BCUT2D eigenvalue weighted by Crippen LogP contribution is -2.40. The fourth-order valence-corrected chi connectivity index (χ4v) is 3.96. The summed E-state index contributed by atoms with van der Waals surface area (Å²) in [7, 11) is 0. The molecule has 3 heterocycles. The molecule has 0 bridgehead atoms. The molecule has 4 rings (SSSR count). The van der Waals surface area contributed by atoms with Gasteiger partial charge in [-0.3, -0.25) is 0 Å². The second-order valence-electron chi connectivity index (χ2n) is 8.61. The van der Waals surface area contributed by atoms with Crippen LogP contribution in [0.4, 0.5) is 42.4 Å². The van der Waals surface area contributed by atoms with Gasteiger partial charge in [0, 0.05) is 51.0 Å². The number of carboxylic acids is 1. The summed E-state index contributed by atoms with van der Waals surface area (Å²) in [4.78, 5) is 20.3. The lowest BCUT2D eigenvalue weighted by Gasteiger charge is -2.35. The van der Waals surface area contributed by atoms with Crippen LogP contribution < -0.4 is 20.3 Å². The summed E-state index contributed by atoms with van der Waals surface area (Å²) in [5, 5.41) is 13.2. The average molecular weight is 553 g/mol. The summed E-state index contributed by atoms with van der Waals surface area (Å²) in [6, 6.07) is 3.24. The van der Waals surface area contributed by atoms with Crippen molar-refractivity contribution in [3.05, 3.63) is 41.2 Å². The zero-order valence-corrected chi connectivity index (χ0v) is 20.2. The molecule has 2 aliphatic heterocycles. The van der Waals surface area contributed by atoms with Crippen LogP contribution >= 0.6 is 0 Å². The molecule has 2 aromatic rings. The van der Waals surface area contributed by atoms with E-state index in [1.165, 1.54) is 6.07 Å². The molecule has 15 heteroatoms. The van der Waals surface area contributed by atoms with Crippen LogP contribution in [0.25, 0.3) is 0 Å². The molecule has 8 nitrogen and oxygen atoms in total. The van der Waals surface area contributed by atoms with Crippen LogP contribution in [0.1, 0.15) is 37.2 Å². The number of nitrogens with one attached hydrogen (secondary N) is 2. The van der Waals surface area contributed by atoms with Crippen molar-refractivity contribution in [3.63, 3.8) is 0 Å². The molecule has 2 aliphatic rings. The minimum Gasteiger partial charge on any atom is -0.487 e. The smallest absolute Gasteiger partial charge is 0.487 e. The summed E-state index contributed by atoms with van der Waals surface area (Å²) >= 11 is 0. The Morgan fingerprint density at radius 3 is 2.47 bits per heavy atom. The largest absolute Gasteiger partial charge is 0.490 e. The number of anilines is 2. The van der Waals surface area contributed by atoms with Crippen LogP contribution in [0.15, 0.2) is 18.2 Å². The molecular formula is C23H26F7N5O3. The standard InChI is InChI=1S/C21H25F4N5O.C2HF3O2/c1-12-19-16(4-7-26-12)28-21(20(29-19)27-11-18(24)25)30-8-5-14(6-9-30)31-17-3-2-13(22)10-15(17)23;3-2(4,5)1(6)7/h2-3,10,12,14,18,26H,4-9,11H2,1H3,(H,27,29);(H,6,7). The predicted octanol–water partition coefficient (Wildman–Crippen LogP) is 4.32. The maximum Gasteiger partial charge on any atom is 0.490 e. The van der Waals surface area contributed by atoms with E-state index in [1.54, 1.807) is 0 Å². The number of hydrogen-bond acceptors (Lipinski definition) is 7. The van der Waals surface area contributed by atoms with E-state index < -0.39 is 36.8 Å². The lowest BCUT2D eigenvalue weighted by molar-refractivity contribution is -0.192. The van der Waals surface area contributed by atoms with Gasteiger partial charge in [-0.2, -0.15) is 13.2 Å². The van der Waals surface area contributed by atoms with E-state index in [1.807, 2.05) is 11.8 Å². The number of carboxylic acid groups (broad SMARTS) is 1. The Morgan fingerprint density at radius 1 is 1.24 bits per heavy atom. The summed E-state index contributed by atoms with van der Waals surface area (Å²) in [5.74, 6) is -3.22. The molecule has 0 aliphatic carbocycles. The van der Waals surface area contributed by atoms with E-state index >= 15 is 0 Å². The third-order valence-corrected chi connectivity index (χ3v) is 5.80. The number of alkyl halides is 5. The fraction of sp³-hybridized carbons (Fsp3) is 0.522.